The van der Waals surface area contributed by atoms with E-state index in [0.29, 0.717) is 0 Å². The van der Waals surface area contributed by atoms with E-state index in [1.54, 1.807) is 12.1 Å². The molecule has 0 aliphatic rings. The molecule has 0 aliphatic heterocycles. The molecule has 0 fully saturated rings. The number of ether oxygens (including phenoxy) is 1. The van der Waals surface area contributed by atoms with Crippen LogP contribution in [0.4, 0.5) is 17.6 Å². The van der Waals surface area contributed by atoms with Gasteiger partial charge in [0.25, 0.3) is 11.9 Å². The Morgan fingerprint density at radius 1 is 1.00 bits per heavy atom. The summed E-state index contributed by atoms with van der Waals surface area (Å²) >= 11 is 1.95. The van der Waals surface area contributed by atoms with Crippen LogP contribution >= 0.6 is 22.6 Å². The van der Waals surface area contributed by atoms with Gasteiger partial charge in [0.15, 0.2) is 0 Å². The van der Waals surface area contributed by atoms with Crippen LogP contribution < -0.4 is 4.74 Å². The number of halogens is 5. The summed E-state index contributed by atoms with van der Waals surface area (Å²) in [6.45, 7) is 0. The van der Waals surface area contributed by atoms with Gasteiger partial charge in [-0.05, 0) is 40.8 Å². The first-order valence-electron chi connectivity index (χ1n) is 4.62. The lowest BCUT2D eigenvalue weighted by Gasteiger charge is -2.08. The van der Waals surface area contributed by atoms with Gasteiger partial charge in [0.2, 0.25) is 17.4 Å². The third kappa shape index (κ3) is 2.55. The smallest absolute Gasteiger partial charge is 0.255 e. The summed E-state index contributed by atoms with van der Waals surface area (Å²) in [5.41, 5.74) is 0. The van der Waals surface area contributed by atoms with Crippen LogP contribution in [0.2, 0.25) is 0 Å². The Kier molecular flexibility index (Phi) is 3.69. The quantitative estimate of drug-likeness (QED) is 0.453. The summed E-state index contributed by atoms with van der Waals surface area (Å²) in [6.07, 6.45) is 0. The molecule has 0 spiro atoms. The average Bonchev–Trinajstić information content (AvgIpc) is 2.32. The van der Waals surface area contributed by atoms with Gasteiger partial charge in [-0.25, -0.2) is 0 Å². The maximum Gasteiger partial charge on any atom is 0.255 e. The molecule has 0 saturated carbocycles. The zero-order valence-electron chi connectivity index (χ0n) is 8.55. The number of hydrogen-bond acceptors (Lipinski definition) is 2. The minimum absolute atomic E-state index is 0.0599. The lowest BCUT2D eigenvalue weighted by Crippen LogP contribution is -2.03. The van der Waals surface area contributed by atoms with Crippen LogP contribution in [0.1, 0.15) is 0 Å². The fourth-order valence-electron chi connectivity index (χ4n) is 1.21. The molecule has 0 unspecified atom stereocenters. The van der Waals surface area contributed by atoms with Crippen molar-refractivity contribution in [1.82, 2.24) is 4.98 Å². The van der Waals surface area contributed by atoms with E-state index in [1.807, 2.05) is 22.6 Å². The van der Waals surface area contributed by atoms with Crippen LogP contribution in [-0.4, -0.2) is 4.98 Å². The van der Waals surface area contributed by atoms with Crippen LogP contribution in [-0.2, 0) is 0 Å². The van der Waals surface area contributed by atoms with Gasteiger partial charge < -0.3 is 4.74 Å². The molecule has 0 radical (unpaired) electrons. The van der Waals surface area contributed by atoms with Gasteiger partial charge >= 0.3 is 0 Å². The molecule has 2 rings (SSSR count). The highest BCUT2D eigenvalue weighted by atomic mass is 127. The van der Waals surface area contributed by atoms with Crippen LogP contribution in [0.5, 0.6) is 11.5 Å². The van der Waals surface area contributed by atoms with E-state index in [4.69, 9.17) is 4.74 Å². The molecule has 7 heteroatoms. The molecule has 0 N–H and O–H groups in total. The predicted octanol–water partition coefficient (Wildman–Crippen LogP) is 4.03. The van der Waals surface area contributed by atoms with Crippen molar-refractivity contribution in [3.05, 3.63) is 51.4 Å². The molecule has 18 heavy (non-hydrogen) atoms. The van der Waals surface area contributed by atoms with Crippen molar-refractivity contribution in [2.24, 2.45) is 0 Å². The van der Waals surface area contributed by atoms with Crippen molar-refractivity contribution >= 4 is 22.6 Å². The molecule has 2 nitrogen and oxygen atoms in total. The number of aromatic nitrogens is 1. The molecule has 0 saturated heterocycles. The van der Waals surface area contributed by atoms with E-state index in [0.717, 1.165) is 3.57 Å². The molecular formula is C11H4F4INO. The molecule has 1 aromatic carbocycles. The maximum absolute atomic E-state index is 13.3. The van der Waals surface area contributed by atoms with Crippen LogP contribution in [0.3, 0.4) is 0 Å². The topological polar surface area (TPSA) is 22.1 Å². The van der Waals surface area contributed by atoms with Gasteiger partial charge in [-0.15, -0.1) is 0 Å². The highest BCUT2D eigenvalue weighted by Crippen LogP contribution is 2.30. The van der Waals surface area contributed by atoms with Crippen molar-refractivity contribution in [2.75, 3.05) is 0 Å². The summed E-state index contributed by atoms with van der Waals surface area (Å²) in [7, 11) is 0. The van der Waals surface area contributed by atoms with Crippen LogP contribution in [0.15, 0.2) is 24.3 Å². The normalized spacial score (nSPS) is 10.5. The molecule has 1 aromatic heterocycles. The highest BCUT2D eigenvalue weighted by Gasteiger charge is 2.22. The Labute approximate surface area is 113 Å². The monoisotopic (exact) mass is 369 g/mol. The average molecular weight is 369 g/mol. The van der Waals surface area contributed by atoms with Crippen molar-refractivity contribution in [3.8, 4) is 11.5 Å². The zero-order valence-corrected chi connectivity index (χ0v) is 10.7. The van der Waals surface area contributed by atoms with Gasteiger partial charge in [0, 0.05) is 3.57 Å². The largest absolute Gasteiger partial charge is 0.451 e. The van der Waals surface area contributed by atoms with Gasteiger partial charge in [0.05, 0.1) is 0 Å². The van der Waals surface area contributed by atoms with Crippen molar-refractivity contribution in [2.45, 2.75) is 0 Å². The lowest BCUT2D eigenvalue weighted by atomic mass is 10.3. The molecular weight excluding hydrogens is 365 g/mol. The first-order chi connectivity index (χ1) is 8.49. The summed E-state index contributed by atoms with van der Waals surface area (Å²) < 4.78 is 57.7. The third-order valence-corrected chi connectivity index (χ3v) is 2.64. The van der Waals surface area contributed by atoms with E-state index in [1.165, 1.54) is 12.1 Å². The maximum atomic E-state index is 13.3. The minimum Gasteiger partial charge on any atom is -0.451 e. The first-order valence-corrected chi connectivity index (χ1v) is 5.70. The number of benzene rings is 1. The Hall–Kier alpha value is -1.38. The fraction of sp³-hybridized carbons (Fsp3) is 0. The highest BCUT2D eigenvalue weighted by molar-refractivity contribution is 14.1. The van der Waals surface area contributed by atoms with Gasteiger partial charge in [-0.2, -0.15) is 22.5 Å². The van der Waals surface area contributed by atoms with E-state index >= 15 is 0 Å². The Morgan fingerprint density at radius 3 is 2.17 bits per heavy atom. The summed E-state index contributed by atoms with van der Waals surface area (Å²) in [5.74, 6) is -7.95. The van der Waals surface area contributed by atoms with E-state index in [9.17, 15) is 17.6 Å². The molecule has 0 amide bonds. The van der Waals surface area contributed by atoms with E-state index in [-0.39, 0.29) is 5.75 Å². The summed E-state index contributed by atoms with van der Waals surface area (Å²) in [6, 6.07) is 6.14. The van der Waals surface area contributed by atoms with Crippen molar-refractivity contribution < 1.29 is 22.3 Å². The summed E-state index contributed by atoms with van der Waals surface area (Å²) in [5, 5.41) is 0. The second-order valence-corrected chi connectivity index (χ2v) is 4.46. The summed E-state index contributed by atoms with van der Waals surface area (Å²) in [4.78, 5) is 2.43. The van der Waals surface area contributed by atoms with Crippen LogP contribution in [0, 0.1) is 27.1 Å². The van der Waals surface area contributed by atoms with E-state index in [2.05, 4.69) is 4.98 Å². The third-order valence-electron chi connectivity index (χ3n) is 1.97. The SMILES string of the molecule is Fc1nc(F)c(F)c(Oc2cccc(I)c2)c1F. The fourth-order valence-corrected chi connectivity index (χ4v) is 1.72. The Morgan fingerprint density at radius 2 is 1.61 bits per heavy atom. The molecule has 0 bridgehead atoms. The lowest BCUT2D eigenvalue weighted by molar-refractivity contribution is 0.343. The van der Waals surface area contributed by atoms with Crippen molar-refractivity contribution in [1.29, 1.82) is 0 Å². The Bertz CT molecular complexity index is 580. The number of rotatable bonds is 2. The number of hydrogen-bond donors (Lipinski definition) is 0. The second kappa shape index (κ2) is 5.09. The standard InChI is InChI=1S/C11H4F4INO/c12-7-9(8(13)11(15)17-10(7)14)18-6-3-1-2-5(16)4-6/h1-4H. The molecule has 1 heterocycles. The molecule has 0 atom stereocenters. The van der Waals surface area contributed by atoms with Crippen LogP contribution in [0.25, 0.3) is 0 Å². The number of nitrogens with zero attached hydrogens (tertiary/aromatic N) is 1. The molecule has 2 aromatic rings. The zero-order chi connectivity index (χ0) is 13.3. The first kappa shape index (κ1) is 13.1. The Balaban J connectivity index is 2.46. The van der Waals surface area contributed by atoms with Gasteiger partial charge in [-0.1, -0.05) is 6.07 Å². The molecule has 94 valence electrons. The van der Waals surface area contributed by atoms with Crippen molar-refractivity contribution in [3.63, 3.8) is 0 Å². The number of pyridine rings is 1. The predicted molar refractivity (Wildman–Crippen MR) is 63.3 cm³/mol. The van der Waals surface area contributed by atoms with E-state index < -0.39 is 29.3 Å². The van der Waals surface area contributed by atoms with Gasteiger partial charge in [-0.3, -0.25) is 0 Å². The minimum atomic E-state index is -1.76. The molecule has 0 aliphatic carbocycles. The van der Waals surface area contributed by atoms with Gasteiger partial charge in [0.1, 0.15) is 5.75 Å². The second-order valence-electron chi connectivity index (χ2n) is 3.21.